The number of anilines is 1. The second-order valence-corrected chi connectivity index (χ2v) is 5.29. The Morgan fingerprint density at radius 1 is 1.11 bits per heavy atom. The van der Waals surface area contributed by atoms with Gasteiger partial charge in [-0.3, -0.25) is 0 Å². The van der Waals surface area contributed by atoms with Gasteiger partial charge in [0.25, 0.3) is 0 Å². The van der Waals surface area contributed by atoms with E-state index in [9.17, 15) is 4.39 Å². The van der Waals surface area contributed by atoms with Gasteiger partial charge in [0.05, 0.1) is 15.7 Å². The summed E-state index contributed by atoms with van der Waals surface area (Å²) in [5, 5.41) is 4.31. The van der Waals surface area contributed by atoms with Gasteiger partial charge in [0, 0.05) is 6.04 Å². The van der Waals surface area contributed by atoms with E-state index in [0.29, 0.717) is 21.3 Å². The smallest absolute Gasteiger partial charge is 0.126 e. The average molecular weight is 298 g/mol. The van der Waals surface area contributed by atoms with Crippen LogP contribution in [0.15, 0.2) is 36.4 Å². The molecular weight excluding hydrogens is 284 g/mol. The van der Waals surface area contributed by atoms with Crippen molar-refractivity contribution in [1.29, 1.82) is 0 Å². The van der Waals surface area contributed by atoms with Gasteiger partial charge in [0.15, 0.2) is 0 Å². The molecule has 0 heterocycles. The van der Waals surface area contributed by atoms with Gasteiger partial charge in [-0.1, -0.05) is 41.4 Å². The van der Waals surface area contributed by atoms with Gasteiger partial charge in [-0.25, -0.2) is 4.39 Å². The highest BCUT2D eigenvalue weighted by Gasteiger charge is 2.11. The summed E-state index contributed by atoms with van der Waals surface area (Å²) in [6.45, 7) is 3.67. The molecule has 1 unspecified atom stereocenters. The fourth-order valence-electron chi connectivity index (χ4n) is 1.81. The molecule has 0 amide bonds. The summed E-state index contributed by atoms with van der Waals surface area (Å²) in [5.41, 5.74) is 2.14. The topological polar surface area (TPSA) is 12.0 Å². The zero-order chi connectivity index (χ0) is 14.0. The maximum Gasteiger partial charge on any atom is 0.126 e. The zero-order valence-electron chi connectivity index (χ0n) is 10.7. The van der Waals surface area contributed by atoms with Crippen LogP contribution in [0, 0.1) is 12.7 Å². The Labute approximate surface area is 122 Å². The third-order valence-electron chi connectivity index (χ3n) is 3.02. The predicted molar refractivity (Wildman–Crippen MR) is 79.6 cm³/mol. The third kappa shape index (κ3) is 3.20. The van der Waals surface area contributed by atoms with Gasteiger partial charge in [-0.15, -0.1) is 0 Å². The molecule has 0 radical (unpaired) electrons. The number of rotatable bonds is 3. The van der Waals surface area contributed by atoms with Gasteiger partial charge in [-0.05, 0) is 43.2 Å². The zero-order valence-corrected chi connectivity index (χ0v) is 12.2. The van der Waals surface area contributed by atoms with Gasteiger partial charge < -0.3 is 5.32 Å². The van der Waals surface area contributed by atoms with Crippen molar-refractivity contribution in [2.24, 2.45) is 0 Å². The number of halogens is 3. The van der Waals surface area contributed by atoms with Crippen molar-refractivity contribution in [3.05, 3.63) is 63.4 Å². The van der Waals surface area contributed by atoms with Crippen LogP contribution < -0.4 is 5.32 Å². The van der Waals surface area contributed by atoms with E-state index in [1.54, 1.807) is 31.2 Å². The maximum atomic E-state index is 13.6. The van der Waals surface area contributed by atoms with Gasteiger partial charge in [-0.2, -0.15) is 0 Å². The minimum atomic E-state index is -0.212. The van der Waals surface area contributed by atoms with Crippen molar-refractivity contribution in [2.75, 3.05) is 5.32 Å². The SMILES string of the molecule is Cc1ccc(C(C)Nc2c(Cl)cccc2Cl)cc1F. The normalized spacial score (nSPS) is 12.3. The van der Waals surface area contributed by atoms with E-state index in [2.05, 4.69) is 5.32 Å². The molecule has 2 aromatic carbocycles. The molecule has 0 aliphatic rings. The lowest BCUT2D eigenvalue weighted by molar-refractivity contribution is 0.614. The largest absolute Gasteiger partial charge is 0.376 e. The molecule has 2 rings (SSSR count). The summed E-state index contributed by atoms with van der Waals surface area (Å²) in [6.07, 6.45) is 0. The van der Waals surface area contributed by atoms with Crippen LogP contribution in [-0.2, 0) is 0 Å². The Morgan fingerprint density at radius 3 is 2.32 bits per heavy atom. The van der Waals surface area contributed by atoms with Crippen LogP contribution in [0.25, 0.3) is 0 Å². The summed E-state index contributed by atoms with van der Waals surface area (Å²) >= 11 is 12.2. The Hall–Kier alpha value is -1.25. The van der Waals surface area contributed by atoms with Crippen LogP contribution in [0.2, 0.25) is 10.0 Å². The number of nitrogens with one attached hydrogen (secondary N) is 1. The lowest BCUT2D eigenvalue weighted by Crippen LogP contribution is -2.08. The first-order valence-corrected chi connectivity index (χ1v) is 6.71. The van der Waals surface area contributed by atoms with Gasteiger partial charge in [0.2, 0.25) is 0 Å². The van der Waals surface area contributed by atoms with Crippen molar-refractivity contribution >= 4 is 28.9 Å². The van der Waals surface area contributed by atoms with Crippen LogP contribution in [0.4, 0.5) is 10.1 Å². The van der Waals surface area contributed by atoms with Crippen molar-refractivity contribution < 1.29 is 4.39 Å². The summed E-state index contributed by atoms with van der Waals surface area (Å²) in [4.78, 5) is 0. The molecule has 1 nitrogen and oxygen atoms in total. The Kier molecular flexibility index (Phi) is 4.33. The van der Waals surface area contributed by atoms with Crippen LogP contribution in [-0.4, -0.2) is 0 Å². The first kappa shape index (κ1) is 14.2. The first-order chi connectivity index (χ1) is 8.99. The minimum Gasteiger partial charge on any atom is -0.376 e. The van der Waals surface area contributed by atoms with Crippen molar-refractivity contribution in [2.45, 2.75) is 19.9 Å². The Balaban J connectivity index is 2.25. The summed E-state index contributed by atoms with van der Waals surface area (Å²) in [6, 6.07) is 10.4. The van der Waals surface area contributed by atoms with E-state index in [1.165, 1.54) is 6.07 Å². The first-order valence-electron chi connectivity index (χ1n) is 5.95. The molecule has 0 bridgehead atoms. The molecule has 0 saturated carbocycles. The number of hydrogen-bond donors (Lipinski definition) is 1. The molecule has 0 fully saturated rings. The quantitative estimate of drug-likeness (QED) is 0.776. The van der Waals surface area contributed by atoms with E-state index < -0.39 is 0 Å². The molecule has 0 aromatic heterocycles. The number of para-hydroxylation sites is 1. The fourth-order valence-corrected chi connectivity index (χ4v) is 2.32. The molecule has 4 heteroatoms. The minimum absolute atomic E-state index is 0.0903. The number of hydrogen-bond acceptors (Lipinski definition) is 1. The number of benzene rings is 2. The molecule has 2 aromatic rings. The molecular formula is C15H14Cl2FN. The highest BCUT2D eigenvalue weighted by Crippen LogP contribution is 2.33. The molecule has 0 saturated heterocycles. The second kappa shape index (κ2) is 5.81. The lowest BCUT2D eigenvalue weighted by Gasteiger charge is -2.18. The Morgan fingerprint density at radius 2 is 1.74 bits per heavy atom. The second-order valence-electron chi connectivity index (χ2n) is 4.47. The summed E-state index contributed by atoms with van der Waals surface area (Å²) in [7, 11) is 0. The molecule has 19 heavy (non-hydrogen) atoms. The highest BCUT2D eigenvalue weighted by molar-refractivity contribution is 6.39. The van der Waals surface area contributed by atoms with Crippen LogP contribution in [0.1, 0.15) is 24.1 Å². The third-order valence-corrected chi connectivity index (χ3v) is 3.65. The van der Waals surface area contributed by atoms with Crippen molar-refractivity contribution in [1.82, 2.24) is 0 Å². The van der Waals surface area contributed by atoms with Gasteiger partial charge >= 0.3 is 0 Å². The fraction of sp³-hybridized carbons (Fsp3) is 0.200. The van der Waals surface area contributed by atoms with E-state index in [4.69, 9.17) is 23.2 Å². The molecule has 0 aliphatic carbocycles. The highest BCUT2D eigenvalue weighted by atomic mass is 35.5. The van der Waals surface area contributed by atoms with Crippen LogP contribution >= 0.6 is 23.2 Å². The van der Waals surface area contributed by atoms with Crippen molar-refractivity contribution in [3.8, 4) is 0 Å². The molecule has 1 N–H and O–H groups in total. The summed E-state index contributed by atoms with van der Waals surface area (Å²) in [5.74, 6) is -0.212. The van der Waals surface area contributed by atoms with E-state index in [1.807, 2.05) is 13.0 Å². The van der Waals surface area contributed by atoms with E-state index >= 15 is 0 Å². The molecule has 1 atom stereocenters. The molecule has 0 aliphatic heterocycles. The van der Waals surface area contributed by atoms with Crippen LogP contribution in [0.3, 0.4) is 0 Å². The van der Waals surface area contributed by atoms with E-state index in [-0.39, 0.29) is 11.9 Å². The predicted octanol–water partition coefficient (Wildman–Crippen LogP) is 5.61. The van der Waals surface area contributed by atoms with Crippen molar-refractivity contribution in [3.63, 3.8) is 0 Å². The summed E-state index contributed by atoms with van der Waals surface area (Å²) < 4.78 is 13.6. The monoisotopic (exact) mass is 297 g/mol. The average Bonchev–Trinajstić information content (AvgIpc) is 2.37. The van der Waals surface area contributed by atoms with Gasteiger partial charge in [0.1, 0.15) is 5.82 Å². The van der Waals surface area contributed by atoms with E-state index in [0.717, 1.165) is 5.56 Å². The van der Waals surface area contributed by atoms with Crippen LogP contribution in [0.5, 0.6) is 0 Å². The maximum absolute atomic E-state index is 13.6. The standard InChI is InChI=1S/C15H14Cl2FN/c1-9-6-7-11(8-14(9)18)10(2)19-15-12(16)4-3-5-13(15)17/h3-8,10,19H,1-2H3. The molecule has 100 valence electrons. The molecule has 0 spiro atoms. The Bertz CT molecular complexity index is 578. The number of aryl methyl sites for hydroxylation is 1. The lowest BCUT2D eigenvalue weighted by atomic mass is 10.1.